The zero-order valence-electron chi connectivity index (χ0n) is 14.7. The zero-order chi connectivity index (χ0) is 19.6. The van der Waals surface area contributed by atoms with Gasteiger partial charge >= 0.3 is 0 Å². The molecule has 1 aromatic heterocycles. The fourth-order valence-corrected chi connectivity index (χ4v) is 5.22. The molecule has 3 rings (SSSR count). The monoisotopic (exact) mass is 424 g/mol. The number of aromatic nitrogens is 3. The van der Waals surface area contributed by atoms with Gasteiger partial charge in [-0.05, 0) is 36.6 Å². The first-order chi connectivity index (χ1) is 12.8. The van der Waals surface area contributed by atoms with E-state index in [2.05, 4.69) is 14.8 Å². The third-order valence-electron chi connectivity index (χ3n) is 4.19. The highest BCUT2D eigenvalue weighted by molar-refractivity contribution is 7.89. The minimum Gasteiger partial charge on any atom is -0.251 e. The maximum atomic E-state index is 13.2. The molecule has 9 heteroatoms. The number of nitrogens with zero attached hydrogens (tertiary/aromatic N) is 3. The van der Waals surface area contributed by atoms with Crippen LogP contribution >= 0.6 is 23.2 Å². The summed E-state index contributed by atoms with van der Waals surface area (Å²) in [5, 5.41) is 4.59. The van der Waals surface area contributed by atoms with E-state index < -0.39 is 16.1 Å². The minimum atomic E-state index is -3.95. The first-order valence-electron chi connectivity index (χ1n) is 8.14. The average molecular weight is 425 g/mol. The van der Waals surface area contributed by atoms with Crippen LogP contribution < -0.4 is 4.72 Å². The first kappa shape index (κ1) is 19.8. The average Bonchev–Trinajstić information content (AvgIpc) is 3.13. The third-order valence-corrected chi connectivity index (χ3v) is 6.83. The number of benzene rings is 2. The van der Waals surface area contributed by atoms with Crippen molar-refractivity contribution in [1.29, 1.82) is 0 Å². The minimum absolute atomic E-state index is 0.00584. The molecule has 0 aliphatic rings. The largest absolute Gasteiger partial charge is 0.251 e. The number of sulfonamides is 1. The van der Waals surface area contributed by atoms with Crippen molar-refractivity contribution < 1.29 is 8.42 Å². The number of halogens is 2. The molecule has 1 atom stereocenters. The van der Waals surface area contributed by atoms with E-state index in [4.69, 9.17) is 23.2 Å². The van der Waals surface area contributed by atoms with Gasteiger partial charge in [-0.1, -0.05) is 53.5 Å². The van der Waals surface area contributed by atoms with E-state index in [0.29, 0.717) is 16.1 Å². The molecule has 1 unspecified atom stereocenters. The van der Waals surface area contributed by atoms with Crippen molar-refractivity contribution >= 4 is 33.2 Å². The van der Waals surface area contributed by atoms with Crippen molar-refractivity contribution in [1.82, 2.24) is 19.5 Å². The van der Waals surface area contributed by atoms with Gasteiger partial charge in [-0.2, -0.15) is 5.10 Å². The van der Waals surface area contributed by atoms with Crippen LogP contribution in [0.3, 0.4) is 0 Å². The maximum absolute atomic E-state index is 13.2. The van der Waals surface area contributed by atoms with Crippen LogP contribution in [0.2, 0.25) is 10.0 Å². The van der Waals surface area contributed by atoms with Crippen molar-refractivity contribution in [2.75, 3.05) is 0 Å². The van der Waals surface area contributed by atoms with Gasteiger partial charge in [0.05, 0.1) is 17.6 Å². The van der Waals surface area contributed by atoms with Crippen LogP contribution in [0.4, 0.5) is 0 Å². The molecule has 0 aliphatic heterocycles. The molecule has 0 amide bonds. The molecule has 0 aliphatic carbocycles. The van der Waals surface area contributed by atoms with Crippen LogP contribution in [0.15, 0.2) is 53.9 Å². The summed E-state index contributed by atoms with van der Waals surface area (Å²) in [4.78, 5) is 3.91. The Balaban J connectivity index is 2.03. The molecule has 6 nitrogen and oxygen atoms in total. The molecule has 142 valence electrons. The first-order valence-corrected chi connectivity index (χ1v) is 10.4. The van der Waals surface area contributed by atoms with Crippen LogP contribution in [0, 0.1) is 13.8 Å². The Labute approximate surface area is 168 Å². The lowest BCUT2D eigenvalue weighted by atomic mass is 10.1. The van der Waals surface area contributed by atoms with Gasteiger partial charge in [-0.15, -0.1) is 0 Å². The van der Waals surface area contributed by atoms with E-state index in [-0.39, 0.29) is 16.5 Å². The Morgan fingerprint density at radius 2 is 1.89 bits per heavy atom. The molecule has 27 heavy (non-hydrogen) atoms. The predicted octanol–water partition coefficient (Wildman–Crippen LogP) is 3.92. The second kappa shape index (κ2) is 7.98. The normalized spacial score (nSPS) is 12.9. The molecular formula is C18H18Cl2N4O2S. The number of hydrogen-bond donors (Lipinski definition) is 1. The molecule has 0 saturated heterocycles. The molecule has 0 fully saturated rings. The smallest absolute Gasteiger partial charge is 0.243 e. The summed E-state index contributed by atoms with van der Waals surface area (Å²) in [6.07, 6.45) is 2.93. The van der Waals surface area contributed by atoms with Gasteiger partial charge in [0.1, 0.15) is 17.6 Å². The van der Waals surface area contributed by atoms with E-state index in [0.717, 1.165) is 5.56 Å². The molecule has 3 aromatic rings. The van der Waals surface area contributed by atoms with Crippen LogP contribution in [0.5, 0.6) is 0 Å². The van der Waals surface area contributed by atoms with Crippen molar-refractivity contribution in [3.63, 3.8) is 0 Å². The van der Waals surface area contributed by atoms with Gasteiger partial charge < -0.3 is 0 Å². The second-order valence-corrected chi connectivity index (χ2v) is 8.58. The van der Waals surface area contributed by atoms with Crippen LogP contribution in [-0.4, -0.2) is 23.2 Å². The van der Waals surface area contributed by atoms with Crippen LogP contribution in [-0.2, 0) is 16.6 Å². The summed E-state index contributed by atoms with van der Waals surface area (Å²) in [7, 11) is -3.95. The van der Waals surface area contributed by atoms with Gasteiger partial charge in [-0.25, -0.2) is 18.1 Å². The van der Waals surface area contributed by atoms with Crippen molar-refractivity contribution in [3.8, 4) is 0 Å². The Morgan fingerprint density at radius 1 is 1.19 bits per heavy atom. The lowest BCUT2D eigenvalue weighted by Gasteiger charge is -2.21. The summed E-state index contributed by atoms with van der Waals surface area (Å²) >= 11 is 12.5. The van der Waals surface area contributed by atoms with E-state index >= 15 is 0 Å². The standard InChI is InChI=1S/C18H18Cl2N4O2S/c1-12-8-15(19)13(2)18(17(12)20)27(25,26)23-16(9-24-11-21-10-22-24)14-6-4-3-5-7-14/h3-8,10-11,16,23H,9H2,1-2H3. The van der Waals surface area contributed by atoms with Crippen molar-refractivity contribution in [2.24, 2.45) is 0 Å². The number of hydrogen-bond acceptors (Lipinski definition) is 4. The molecule has 0 spiro atoms. The molecular weight excluding hydrogens is 407 g/mol. The molecule has 0 radical (unpaired) electrons. The molecule has 0 saturated carbocycles. The van der Waals surface area contributed by atoms with Crippen molar-refractivity contribution in [2.45, 2.75) is 31.3 Å². The Kier molecular flexibility index (Phi) is 5.86. The Bertz CT molecular complexity index is 1010. The highest BCUT2D eigenvalue weighted by atomic mass is 35.5. The molecule has 0 bridgehead atoms. The van der Waals surface area contributed by atoms with Crippen LogP contribution in [0.25, 0.3) is 0 Å². The Hall–Kier alpha value is -1.93. The van der Waals surface area contributed by atoms with Crippen molar-refractivity contribution in [3.05, 3.63) is 75.8 Å². The fourth-order valence-electron chi connectivity index (χ4n) is 2.79. The zero-order valence-corrected chi connectivity index (χ0v) is 17.1. The quantitative estimate of drug-likeness (QED) is 0.650. The fraction of sp³-hybridized carbons (Fsp3) is 0.222. The number of rotatable bonds is 6. The lowest BCUT2D eigenvalue weighted by molar-refractivity contribution is 0.482. The number of aryl methyl sites for hydroxylation is 1. The van der Waals surface area contributed by atoms with Gasteiger partial charge in [0.2, 0.25) is 10.0 Å². The van der Waals surface area contributed by atoms with Gasteiger partial charge in [-0.3, -0.25) is 4.68 Å². The maximum Gasteiger partial charge on any atom is 0.243 e. The SMILES string of the molecule is Cc1cc(Cl)c(C)c(S(=O)(=O)NC(Cn2cncn2)c2ccccc2)c1Cl. The summed E-state index contributed by atoms with van der Waals surface area (Å²) in [5.41, 5.74) is 1.80. The van der Waals surface area contributed by atoms with Gasteiger partial charge in [0.25, 0.3) is 0 Å². The topological polar surface area (TPSA) is 76.9 Å². The van der Waals surface area contributed by atoms with E-state index in [1.807, 2.05) is 30.3 Å². The number of nitrogens with one attached hydrogen (secondary N) is 1. The van der Waals surface area contributed by atoms with E-state index in [9.17, 15) is 8.42 Å². The predicted molar refractivity (Wildman–Crippen MR) is 105 cm³/mol. The highest BCUT2D eigenvalue weighted by Gasteiger charge is 2.27. The molecule has 1 N–H and O–H groups in total. The van der Waals surface area contributed by atoms with E-state index in [1.54, 1.807) is 24.6 Å². The third kappa shape index (κ3) is 4.32. The molecule has 2 aromatic carbocycles. The summed E-state index contributed by atoms with van der Waals surface area (Å²) in [6.45, 7) is 3.63. The second-order valence-electron chi connectivity index (χ2n) is 6.15. The summed E-state index contributed by atoms with van der Waals surface area (Å²) in [5.74, 6) is 0. The highest BCUT2D eigenvalue weighted by Crippen LogP contribution is 2.34. The lowest BCUT2D eigenvalue weighted by Crippen LogP contribution is -2.32. The summed E-state index contributed by atoms with van der Waals surface area (Å²) < 4.78 is 30.7. The molecule has 1 heterocycles. The van der Waals surface area contributed by atoms with E-state index in [1.165, 1.54) is 12.7 Å². The van der Waals surface area contributed by atoms with Gasteiger partial charge in [0, 0.05) is 5.02 Å². The van der Waals surface area contributed by atoms with Gasteiger partial charge in [0.15, 0.2) is 0 Å². The summed E-state index contributed by atoms with van der Waals surface area (Å²) in [6, 6.07) is 10.4. The Morgan fingerprint density at radius 3 is 2.52 bits per heavy atom. The van der Waals surface area contributed by atoms with Crippen LogP contribution in [0.1, 0.15) is 22.7 Å².